The zero-order valence-corrected chi connectivity index (χ0v) is 34.3. The van der Waals surface area contributed by atoms with Gasteiger partial charge in [-0.3, -0.25) is 39.1 Å². The third kappa shape index (κ3) is 7.17. The summed E-state index contributed by atoms with van der Waals surface area (Å²) in [7, 11) is 1.84. The van der Waals surface area contributed by atoms with Crippen molar-refractivity contribution in [2.24, 2.45) is 23.5 Å². The topological polar surface area (TPSA) is 188 Å². The van der Waals surface area contributed by atoms with Crippen LogP contribution in [0.4, 0.5) is 33.2 Å². The van der Waals surface area contributed by atoms with Crippen LogP contribution in [0.25, 0.3) is 0 Å². The normalized spacial score (nSPS) is 26.6. The average molecular weight is 830 g/mol. The smallest absolute Gasteiger partial charge is 0.320 e. The number of benzene rings is 2. The predicted molar refractivity (Wildman–Crippen MR) is 227 cm³/mol. The van der Waals surface area contributed by atoms with E-state index in [1.54, 1.807) is 23.2 Å². The lowest BCUT2D eigenvalue weighted by Crippen LogP contribution is -2.54. The lowest BCUT2D eigenvalue weighted by Gasteiger charge is -2.38. The van der Waals surface area contributed by atoms with Crippen LogP contribution in [0.2, 0.25) is 0 Å². The van der Waals surface area contributed by atoms with E-state index in [0.717, 1.165) is 106 Å². The number of pyridine rings is 1. The van der Waals surface area contributed by atoms with Gasteiger partial charge in [-0.15, -0.1) is 0 Å². The number of anilines is 5. The van der Waals surface area contributed by atoms with Crippen molar-refractivity contribution in [2.75, 3.05) is 99.1 Å². The van der Waals surface area contributed by atoms with E-state index in [-0.39, 0.29) is 36.5 Å². The number of imide groups is 2. The number of amides is 7. The molecule has 5 saturated heterocycles. The van der Waals surface area contributed by atoms with Gasteiger partial charge in [-0.05, 0) is 85.5 Å². The van der Waals surface area contributed by atoms with Gasteiger partial charge < -0.3 is 35.6 Å². The van der Waals surface area contributed by atoms with Crippen molar-refractivity contribution in [1.82, 2.24) is 29.9 Å². The van der Waals surface area contributed by atoms with Gasteiger partial charge in [-0.2, -0.15) is 0 Å². The van der Waals surface area contributed by atoms with Gasteiger partial charge in [0.25, 0.3) is 17.7 Å². The fourth-order valence-corrected chi connectivity index (χ4v) is 10.6. The molecular formula is C44H51N11O6. The highest BCUT2D eigenvalue weighted by atomic mass is 16.2. The van der Waals surface area contributed by atoms with E-state index in [4.69, 9.17) is 5.73 Å². The number of carbonyl (C=O) groups is 6. The SMILES string of the molecule is CN1CCN([C@@H]2CCCN(c3cnc(C(N)=O)c(Nc4ccc(N5CCN(CC6[C@H]7CN(c8ccc9c(c8)C(=O)N(C8CCC(=O)NC8=O)C9=O)C[C@@H]67)CC5)cc4)c3)C2)C1=O. The number of hydrogen-bond donors (Lipinski definition) is 3. The van der Waals surface area contributed by atoms with Gasteiger partial charge >= 0.3 is 6.03 Å². The highest BCUT2D eigenvalue weighted by Crippen LogP contribution is 2.53. The second-order valence-corrected chi connectivity index (χ2v) is 17.6. The number of carbonyl (C=O) groups excluding carboxylic acids is 6. The quantitative estimate of drug-likeness (QED) is 0.253. The summed E-state index contributed by atoms with van der Waals surface area (Å²) >= 11 is 0. The van der Waals surface area contributed by atoms with Crippen molar-refractivity contribution in [3.05, 3.63) is 71.5 Å². The molecule has 7 heterocycles. The molecule has 0 bridgehead atoms. The summed E-state index contributed by atoms with van der Waals surface area (Å²) in [5.74, 6) is -0.729. The summed E-state index contributed by atoms with van der Waals surface area (Å²) in [5, 5.41) is 5.65. The molecule has 1 aliphatic carbocycles. The molecule has 1 aromatic heterocycles. The molecule has 7 amide bonds. The van der Waals surface area contributed by atoms with E-state index < -0.39 is 29.7 Å². The molecular weight excluding hydrogens is 779 g/mol. The fourth-order valence-electron chi connectivity index (χ4n) is 10.6. The molecule has 2 unspecified atom stereocenters. The number of nitrogens with zero attached hydrogens (tertiary/aromatic N) is 8. The summed E-state index contributed by atoms with van der Waals surface area (Å²) < 4.78 is 0. The fraction of sp³-hybridized carbons (Fsp3) is 0.477. The molecule has 318 valence electrons. The summed E-state index contributed by atoms with van der Waals surface area (Å²) in [4.78, 5) is 94.5. The second kappa shape index (κ2) is 15.3. The van der Waals surface area contributed by atoms with E-state index in [1.165, 1.54) is 0 Å². The Morgan fingerprint density at radius 1 is 0.787 bits per heavy atom. The minimum Gasteiger partial charge on any atom is -0.371 e. The average Bonchev–Trinajstić information content (AvgIpc) is 3.50. The van der Waals surface area contributed by atoms with Crippen LogP contribution in [0.1, 0.15) is 56.9 Å². The van der Waals surface area contributed by atoms with E-state index in [0.29, 0.717) is 41.1 Å². The molecule has 10 rings (SSSR count). The Labute approximate surface area is 353 Å². The molecule has 17 heteroatoms. The summed E-state index contributed by atoms with van der Waals surface area (Å²) in [6.45, 7) is 9.72. The molecule has 61 heavy (non-hydrogen) atoms. The molecule has 17 nitrogen and oxygen atoms in total. The van der Waals surface area contributed by atoms with Crippen LogP contribution < -0.4 is 31.1 Å². The van der Waals surface area contributed by atoms with Gasteiger partial charge in [0.2, 0.25) is 11.8 Å². The Balaban J connectivity index is 0.707. The van der Waals surface area contributed by atoms with E-state index in [1.807, 2.05) is 36.2 Å². The van der Waals surface area contributed by atoms with Crippen LogP contribution in [-0.4, -0.2) is 151 Å². The molecule has 5 atom stereocenters. The van der Waals surface area contributed by atoms with E-state index in [2.05, 4.69) is 47.3 Å². The Bertz CT molecular complexity index is 2300. The standard InChI is InChI=1S/C44H51N11O6/c1-49-13-18-54(44(49)61)29-3-2-12-52(22-29)30-20-36(39(40(45)57)46-21-30)47-26-4-6-27(7-5-26)51-16-14-50(15-17-51)23-33-34-24-53(25-35(33)34)28-8-9-31-32(19-28)43(60)55(42(31)59)37-10-11-38(56)48-41(37)58/h4-9,19-21,29,33-35,37,47H,2-3,10-18,22-25H2,1H3,(H2,45,57)(H,48,56,58)/t29-,33?,34-,35+,37?/m1/s1. The number of likely N-dealkylation sites (N-methyl/N-ethyl adjacent to an activating group) is 1. The Kier molecular flexibility index (Phi) is 9.80. The van der Waals surface area contributed by atoms with Crippen molar-refractivity contribution < 1.29 is 28.8 Å². The van der Waals surface area contributed by atoms with Crippen molar-refractivity contribution >= 4 is 64.0 Å². The molecule has 7 aliphatic rings. The lowest BCUT2D eigenvalue weighted by molar-refractivity contribution is -0.136. The molecule has 0 spiro atoms. The van der Waals surface area contributed by atoms with Gasteiger partial charge in [0, 0.05) is 103 Å². The first-order valence-corrected chi connectivity index (χ1v) is 21.5. The number of fused-ring (bicyclic) bond motifs is 2. The number of nitrogens with two attached hydrogens (primary N) is 1. The maximum Gasteiger partial charge on any atom is 0.320 e. The first-order chi connectivity index (χ1) is 29.5. The van der Waals surface area contributed by atoms with Crippen LogP contribution in [-0.2, 0) is 9.59 Å². The summed E-state index contributed by atoms with van der Waals surface area (Å²) in [5.41, 5.74) is 10.9. The zero-order valence-electron chi connectivity index (χ0n) is 34.3. The van der Waals surface area contributed by atoms with Crippen molar-refractivity contribution in [3.8, 4) is 0 Å². The van der Waals surface area contributed by atoms with Crippen LogP contribution in [0, 0.1) is 17.8 Å². The first kappa shape index (κ1) is 38.9. The summed E-state index contributed by atoms with van der Waals surface area (Å²) in [6, 6.07) is 14.8. The third-order valence-corrected chi connectivity index (χ3v) is 14.1. The number of primary amides is 1. The number of urea groups is 1. The number of rotatable bonds is 10. The van der Waals surface area contributed by atoms with Crippen LogP contribution in [0.5, 0.6) is 0 Å². The predicted octanol–water partition coefficient (Wildman–Crippen LogP) is 2.17. The van der Waals surface area contributed by atoms with Crippen molar-refractivity contribution in [1.29, 1.82) is 0 Å². The number of nitrogens with one attached hydrogen (secondary N) is 2. The molecule has 0 radical (unpaired) electrons. The van der Waals surface area contributed by atoms with Gasteiger partial charge in [0.1, 0.15) is 6.04 Å². The van der Waals surface area contributed by atoms with Gasteiger partial charge in [0.15, 0.2) is 5.69 Å². The number of hydrogen-bond acceptors (Lipinski definition) is 12. The second-order valence-electron chi connectivity index (χ2n) is 17.6. The molecule has 1 saturated carbocycles. The summed E-state index contributed by atoms with van der Waals surface area (Å²) in [6.07, 6.45) is 3.85. The highest BCUT2D eigenvalue weighted by Gasteiger charge is 2.56. The molecule has 4 N–H and O–H groups in total. The maximum absolute atomic E-state index is 13.4. The van der Waals surface area contributed by atoms with Crippen LogP contribution in [0.3, 0.4) is 0 Å². The Hall–Kier alpha value is -6.23. The lowest BCUT2D eigenvalue weighted by atomic mass is 10.0. The minimum atomic E-state index is -0.969. The zero-order chi connectivity index (χ0) is 42.1. The van der Waals surface area contributed by atoms with E-state index >= 15 is 0 Å². The molecule has 3 aromatic rings. The Morgan fingerprint density at radius 3 is 2.23 bits per heavy atom. The minimum absolute atomic E-state index is 0.0799. The van der Waals surface area contributed by atoms with Crippen molar-refractivity contribution in [2.45, 2.75) is 37.8 Å². The molecule has 2 aromatic carbocycles. The van der Waals surface area contributed by atoms with Gasteiger partial charge in [0.05, 0.1) is 34.7 Å². The monoisotopic (exact) mass is 829 g/mol. The van der Waals surface area contributed by atoms with Gasteiger partial charge in [-0.25, -0.2) is 9.78 Å². The molecule has 6 fully saturated rings. The highest BCUT2D eigenvalue weighted by molar-refractivity contribution is 6.23. The third-order valence-electron chi connectivity index (χ3n) is 14.1. The van der Waals surface area contributed by atoms with E-state index in [9.17, 15) is 28.8 Å². The van der Waals surface area contributed by atoms with Crippen LogP contribution in [0.15, 0.2) is 54.7 Å². The maximum atomic E-state index is 13.4. The number of piperazine rings is 1. The first-order valence-electron chi connectivity index (χ1n) is 21.5. The van der Waals surface area contributed by atoms with Crippen molar-refractivity contribution in [3.63, 3.8) is 0 Å². The Morgan fingerprint density at radius 2 is 1.52 bits per heavy atom. The number of piperidine rings is 3. The van der Waals surface area contributed by atoms with Crippen LogP contribution >= 0.6 is 0 Å². The largest absolute Gasteiger partial charge is 0.371 e. The number of aromatic nitrogens is 1. The van der Waals surface area contributed by atoms with Gasteiger partial charge in [-0.1, -0.05) is 0 Å². The molecule has 6 aliphatic heterocycles.